The maximum absolute atomic E-state index is 13.1. The van der Waals surface area contributed by atoms with Gasteiger partial charge in [0.15, 0.2) is 0 Å². The molecule has 0 bridgehead atoms. The largest absolute Gasteiger partial charge is 0.392 e. The second-order valence-electron chi connectivity index (χ2n) is 6.08. The summed E-state index contributed by atoms with van der Waals surface area (Å²) in [6.07, 6.45) is 0.354. The number of aliphatic hydroxyl groups is 1. The average Bonchev–Trinajstić information content (AvgIpc) is 2.96. The van der Waals surface area contributed by atoms with E-state index in [1.165, 1.54) is 17.0 Å². The van der Waals surface area contributed by atoms with Crippen LogP contribution in [0.5, 0.6) is 0 Å². The highest BCUT2D eigenvalue weighted by molar-refractivity contribution is 5.78. The molecule has 132 valence electrons. The third-order valence-electron chi connectivity index (χ3n) is 4.31. The molecule has 0 spiro atoms. The molecule has 1 fully saturated rings. The Kier molecular flexibility index (Phi) is 6.88. The van der Waals surface area contributed by atoms with Gasteiger partial charge in [-0.2, -0.15) is 10.5 Å². The summed E-state index contributed by atoms with van der Waals surface area (Å²) in [4.78, 5) is 16.0. The SMILES string of the molecule is N#CCCN(CCC#N)C(=O)CN1C[C@H](O)C[C@H]1c1ccc(F)cc1. The summed E-state index contributed by atoms with van der Waals surface area (Å²) in [6, 6.07) is 9.91. The molecule has 1 amide bonds. The van der Waals surface area contributed by atoms with E-state index in [-0.39, 0.29) is 50.2 Å². The van der Waals surface area contributed by atoms with Gasteiger partial charge in [0.05, 0.1) is 37.6 Å². The minimum absolute atomic E-state index is 0.0932. The molecule has 2 atom stereocenters. The number of hydrogen-bond acceptors (Lipinski definition) is 5. The van der Waals surface area contributed by atoms with Gasteiger partial charge in [-0.05, 0) is 24.1 Å². The van der Waals surface area contributed by atoms with Crippen molar-refractivity contribution in [2.45, 2.75) is 31.4 Å². The highest BCUT2D eigenvalue weighted by atomic mass is 19.1. The number of aliphatic hydroxyl groups excluding tert-OH is 1. The molecule has 0 saturated carbocycles. The standard InChI is InChI=1S/C18H21FN4O2/c19-15-5-3-14(4-6-15)17-11-16(24)12-23(17)13-18(25)22(9-1-7-20)10-2-8-21/h3-6,16-17,24H,1-2,9-13H2/t16-,17+/m1/s1. The van der Waals surface area contributed by atoms with E-state index in [4.69, 9.17) is 10.5 Å². The quantitative estimate of drug-likeness (QED) is 0.811. The van der Waals surface area contributed by atoms with Crippen LogP contribution in [0.15, 0.2) is 24.3 Å². The van der Waals surface area contributed by atoms with Crippen molar-refractivity contribution in [2.75, 3.05) is 26.2 Å². The summed E-state index contributed by atoms with van der Waals surface area (Å²) in [6.45, 7) is 1.03. The number of benzene rings is 1. The molecule has 1 aliphatic heterocycles. The van der Waals surface area contributed by atoms with Crippen molar-refractivity contribution in [3.05, 3.63) is 35.6 Å². The van der Waals surface area contributed by atoms with E-state index in [0.29, 0.717) is 13.0 Å². The van der Waals surface area contributed by atoms with Gasteiger partial charge in [0.25, 0.3) is 0 Å². The third-order valence-corrected chi connectivity index (χ3v) is 4.31. The maximum atomic E-state index is 13.1. The fourth-order valence-electron chi connectivity index (χ4n) is 3.09. The Hall–Kier alpha value is -2.48. The highest BCUT2D eigenvalue weighted by Crippen LogP contribution is 2.32. The molecule has 1 aromatic rings. The molecule has 2 rings (SSSR count). The lowest BCUT2D eigenvalue weighted by Crippen LogP contribution is -2.41. The number of nitriles is 2. The second kappa shape index (κ2) is 9.12. The van der Waals surface area contributed by atoms with E-state index in [9.17, 15) is 14.3 Å². The summed E-state index contributed by atoms with van der Waals surface area (Å²) < 4.78 is 13.1. The normalized spacial score (nSPS) is 20.0. The number of carbonyl (C=O) groups excluding carboxylic acids is 1. The lowest BCUT2D eigenvalue weighted by Gasteiger charge is -2.28. The van der Waals surface area contributed by atoms with Crippen LogP contribution in [-0.4, -0.2) is 53.1 Å². The molecule has 1 aromatic carbocycles. The van der Waals surface area contributed by atoms with E-state index in [1.807, 2.05) is 17.0 Å². The van der Waals surface area contributed by atoms with E-state index < -0.39 is 6.10 Å². The molecule has 25 heavy (non-hydrogen) atoms. The summed E-state index contributed by atoms with van der Waals surface area (Å²) in [5, 5.41) is 27.4. The van der Waals surface area contributed by atoms with Crippen LogP contribution in [0.25, 0.3) is 0 Å². The molecule has 1 saturated heterocycles. The third kappa shape index (κ3) is 5.25. The Morgan fingerprint density at radius 3 is 2.40 bits per heavy atom. The molecule has 7 heteroatoms. The Morgan fingerprint density at radius 2 is 1.84 bits per heavy atom. The first kappa shape index (κ1) is 18.9. The second-order valence-corrected chi connectivity index (χ2v) is 6.08. The molecule has 0 unspecified atom stereocenters. The van der Waals surface area contributed by atoms with Crippen LogP contribution in [-0.2, 0) is 4.79 Å². The molecule has 0 aliphatic carbocycles. The molecule has 6 nitrogen and oxygen atoms in total. The number of hydrogen-bond donors (Lipinski definition) is 1. The number of amides is 1. The van der Waals surface area contributed by atoms with Crippen LogP contribution in [0.2, 0.25) is 0 Å². The van der Waals surface area contributed by atoms with Crippen LogP contribution in [0.3, 0.4) is 0 Å². The fraction of sp³-hybridized carbons (Fsp3) is 0.500. The predicted octanol–water partition coefficient (Wildman–Crippen LogP) is 1.59. The van der Waals surface area contributed by atoms with E-state index >= 15 is 0 Å². The zero-order valence-corrected chi connectivity index (χ0v) is 13.9. The van der Waals surface area contributed by atoms with Crippen molar-refractivity contribution in [3.8, 4) is 12.1 Å². The van der Waals surface area contributed by atoms with E-state index in [0.717, 1.165) is 5.56 Å². The summed E-state index contributed by atoms with van der Waals surface area (Å²) in [5.41, 5.74) is 0.853. The lowest BCUT2D eigenvalue weighted by molar-refractivity contribution is -0.132. The number of rotatable bonds is 7. The summed E-state index contributed by atoms with van der Waals surface area (Å²) >= 11 is 0. The summed E-state index contributed by atoms with van der Waals surface area (Å²) in [7, 11) is 0. The topological polar surface area (TPSA) is 91.4 Å². The first-order chi connectivity index (χ1) is 12.0. The first-order valence-electron chi connectivity index (χ1n) is 8.24. The average molecular weight is 344 g/mol. The minimum Gasteiger partial charge on any atom is -0.392 e. The molecule has 0 radical (unpaired) electrons. The Balaban J connectivity index is 2.06. The number of carbonyl (C=O) groups is 1. The molecular formula is C18H21FN4O2. The van der Waals surface area contributed by atoms with Gasteiger partial charge in [-0.15, -0.1) is 0 Å². The molecule has 1 N–H and O–H groups in total. The zero-order chi connectivity index (χ0) is 18.2. The maximum Gasteiger partial charge on any atom is 0.236 e. The predicted molar refractivity (Wildman–Crippen MR) is 88.4 cm³/mol. The molecular weight excluding hydrogens is 323 g/mol. The zero-order valence-electron chi connectivity index (χ0n) is 13.9. The number of halogens is 1. The van der Waals surface area contributed by atoms with Gasteiger partial charge >= 0.3 is 0 Å². The van der Waals surface area contributed by atoms with Crippen molar-refractivity contribution in [1.82, 2.24) is 9.80 Å². The Morgan fingerprint density at radius 1 is 1.24 bits per heavy atom. The van der Waals surface area contributed by atoms with Crippen molar-refractivity contribution >= 4 is 5.91 Å². The van der Waals surface area contributed by atoms with Gasteiger partial charge in [0.2, 0.25) is 5.91 Å². The van der Waals surface area contributed by atoms with Crippen molar-refractivity contribution in [3.63, 3.8) is 0 Å². The van der Waals surface area contributed by atoms with E-state index in [2.05, 4.69) is 0 Å². The van der Waals surface area contributed by atoms with Gasteiger partial charge in [-0.1, -0.05) is 12.1 Å². The van der Waals surface area contributed by atoms with Crippen molar-refractivity contribution in [2.24, 2.45) is 0 Å². The first-order valence-corrected chi connectivity index (χ1v) is 8.24. The summed E-state index contributed by atoms with van der Waals surface area (Å²) in [5.74, 6) is -0.504. The molecule has 0 aromatic heterocycles. The monoisotopic (exact) mass is 344 g/mol. The fourth-order valence-corrected chi connectivity index (χ4v) is 3.09. The van der Waals surface area contributed by atoms with Crippen LogP contribution in [0.4, 0.5) is 4.39 Å². The van der Waals surface area contributed by atoms with Gasteiger partial charge < -0.3 is 10.0 Å². The van der Waals surface area contributed by atoms with Crippen LogP contribution in [0.1, 0.15) is 30.9 Å². The minimum atomic E-state index is -0.547. The lowest BCUT2D eigenvalue weighted by atomic mass is 10.0. The van der Waals surface area contributed by atoms with Gasteiger partial charge in [0.1, 0.15) is 5.82 Å². The van der Waals surface area contributed by atoms with Gasteiger partial charge in [0, 0.05) is 25.7 Å². The molecule has 1 heterocycles. The van der Waals surface area contributed by atoms with Crippen molar-refractivity contribution in [1.29, 1.82) is 10.5 Å². The highest BCUT2D eigenvalue weighted by Gasteiger charge is 2.34. The molecule has 1 aliphatic rings. The van der Waals surface area contributed by atoms with E-state index in [1.54, 1.807) is 12.1 Å². The van der Waals surface area contributed by atoms with Gasteiger partial charge in [-0.3, -0.25) is 9.69 Å². The number of nitrogens with zero attached hydrogens (tertiary/aromatic N) is 4. The van der Waals surface area contributed by atoms with Crippen LogP contribution in [0, 0.1) is 28.5 Å². The van der Waals surface area contributed by atoms with Crippen molar-refractivity contribution < 1.29 is 14.3 Å². The van der Waals surface area contributed by atoms with Gasteiger partial charge in [-0.25, -0.2) is 4.39 Å². The number of β-amino-alcohol motifs (C(OH)–C–C–N with tert-alkyl or cyclic N) is 1. The van der Waals surface area contributed by atoms with Crippen LogP contribution < -0.4 is 0 Å². The number of likely N-dealkylation sites (tertiary alicyclic amines) is 1. The Labute approximate surface area is 146 Å². The van der Waals surface area contributed by atoms with Crippen LogP contribution >= 0.6 is 0 Å². The smallest absolute Gasteiger partial charge is 0.236 e. The Bertz CT molecular complexity index is 647.